The number of hydrogen-bond donors (Lipinski definition) is 0. The molecule has 3 rings (SSSR count). The number of halogens is 1. The summed E-state index contributed by atoms with van der Waals surface area (Å²) in [6.07, 6.45) is 3.15. The molecule has 0 unspecified atom stereocenters. The van der Waals surface area contributed by atoms with Gasteiger partial charge in [-0.3, -0.25) is 4.99 Å². The van der Waals surface area contributed by atoms with Gasteiger partial charge in [0.25, 0.3) is 0 Å². The minimum atomic E-state index is 0.542. The predicted octanol–water partition coefficient (Wildman–Crippen LogP) is 4.81. The Bertz CT molecular complexity index is 669. The van der Waals surface area contributed by atoms with E-state index in [4.69, 9.17) is 16.6 Å². The Morgan fingerprint density at radius 2 is 1.80 bits per heavy atom. The van der Waals surface area contributed by atoms with Gasteiger partial charge in [-0.1, -0.05) is 35.9 Å². The minimum absolute atomic E-state index is 0.542. The second kappa shape index (κ2) is 5.37. The summed E-state index contributed by atoms with van der Waals surface area (Å²) < 4.78 is 0. The van der Waals surface area contributed by atoms with Crippen LogP contribution in [0.5, 0.6) is 0 Å². The lowest BCUT2D eigenvalue weighted by atomic mass is 9.94. The molecule has 0 bridgehead atoms. The maximum absolute atomic E-state index is 6.04. The summed E-state index contributed by atoms with van der Waals surface area (Å²) in [5.74, 6) is 0. The highest BCUT2D eigenvalue weighted by atomic mass is 35.5. The van der Waals surface area contributed by atoms with Crippen molar-refractivity contribution in [2.24, 2.45) is 4.99 Å². The van der Waals surface area contributed by atoms with Gasteiger partial charge in [-0.05, 0) is 55.9 Å². The van der Waals surface area contributed by atoms with Crippen LogP contribution in [0.1, 0.15) is 35.2 Å². The molecule has 1 aliphatic rings. The fourth-order valence-electron chi connectivity index (χ4n) is 2.71. The van der Waals surface area contributed by atoms with E-state index in [0.717, 1.165) is 36.4 Å². The number of aryl methyl sites for hydroxylation is 3. The lowest BCUT2D eigenvalue weighted by Gasteiger charge is -2.17. The number of fused-ring (bicyclic) bond motifs is 1. The average Bonchev–Trinajstić information content (AvgIpc) is 2.43. The molecule has 1 aliphatic carbocycles. The highest BCUT2D eigenvalue weighted by Gasteiger charge is 2.18. The number of benzene rings is 1. The molecule has 0 spiro atoms. The Morgan fingerprint density at radius 3 is 2.55 bits per heavy atom. The highest BCUT2D eigenvalue weighted by Crippen LogP contribution is 2.28. The van der Waals surface area contributed by atoms with E-state index in [1.54, 1.807) is 0 Å². The molecule has 1 aromatic heterocycles. The number of hydrogen-bond acceptors (Lipinski definition) is 2. The molecule has 0 saturated heterocycles. The minimum Gasteiger partial charge on any atom is -0.251 e. The van der Waals surface area contributed by atoms with E-state index in [1.807, 2.05) is 6.07 Å². The average molecular weight is 285 g/mol. The molecule has 3 heteroatoms. The molecule has 20 heavy (non-hydrogen) atoms. The maximum atomic E-state index is 6.04. The Balaban J connectivity index is 2.13. The summed E-state index contributed by atoms with van der Waals surface area (Å²) in [5.41, 5.74) is 6.76. The second-order valence-electron chi connectivity index (χ2n) is 5.29. The first-order valence-electron chi connectivity index (χ1n) is 6.95. The quantitative estimate of drug-likeness (QED) is 0.690. The van der Waals surface area contributed by atoms with Crippen LogP contribution in [0, 0.1) is 13.8 Å². The van der Waals surface area contributed by atoms with Crippen LogP contribution < -0.4 is 0 Å². The first-order chi connectivity index (χ1) is 9.65. The van der Waals surface area contributed by atoms with Crippen molar-refractivity contribution in [3.05, 3.63) is 57.9 Å². The summed E-state index contributed by atoms with van der Waals surface area (Å²) in [5, 5.41) is 0.542. The van der Waals surface area contributed by atoms with Crippen molar-refractivity contribution in [1.29, 1.82) is 0 Å². The Morgan fingerprint density at radius 1 is 1.05 bits per heavy atom. The van der Waals surface area contributed by atoms with Crippen LogP contribution >= 0.6 is 11.6 Å². The van der Waals surface area contributed by atoms with Crippen molar-refractivity contribution >= 4 is 23.0 Å². The molecule has 2 nitrogen and oxygen atoms in total. The van der Waals surface area contributed by atoms with Crippen molar-refractivity contribution in [3.8, 4) is 0 Å². The molecular formula is C17H17ClN2. The molecule has 1 heterocycles. The molecule has 102 valence electrons. The van der Waals surface area contributed by atoms with Gasteiger partial charge in [-0.25, -0.2) is 4.98 Å². The summed E-state index contributed by atoms with van der Waals surface area (Å²) in [6, 6.07) is 10.2. The van der Waals surface area contributed by atoms with E-state index in [-0.39, 0.29) is 0 Å². The van der Waals surface area contributed by atoms with Gasteiger partial charge in [0, 0.05) is 0 Å². The number of aromatic nitrogens is 1. The summed E-state index contributed by atoms with van der Waals surface area (Å²) in [7, 11) is 0. The standard InChI is InChI=1S/C17H17ClN2/c1-11-5-3-6-12(2)16(11)19-14-8-4-7-13-9-10-15(18)20-17(13)14/h3,5-6,9-10H,4,7-8H2,1-2H3. The molecule has 0 amide bonds. The molecular weight excluding hydrogens is 268 g/mol. The third-order valence-corrected chi connectivity index (χ3v) is 3.97. The molecule has 0 radical (unpaired) electrons. The molecule has 0 saturated carbocycles. The number of para-hydroxylation sites is 1. The van der Waals surface area contributed by atoms with E-state index in [0.29, 0.717) is 5.15 Å². The van der Waals surface area contributed by atoms with Gasteiger partial charge in [0.2, 0.25) is 0 Å². The smallest absolute Gasteiger partial charge is 0.129 e. The lowest BCUT2D eigenvalue weighted by molar-refractivity contribution is 0.826. The van der Waals surface area contributed by atoms with Crippen LogP contribution in [0.4, 0.5) is 5.69 Å². The summed E-state index contributed by atoms with van der Waals surface area (Å²) in [4.78, 5) is 9.38. The molecule has 2 aromatic rings. The fourth-order valence-corrected chi connectivity index (χ4v) is 2.85. The van der Waals surface area contributed by atoms with E-state index < -0.39 is 0 Å². The molecule has 0 atom stereocenters. The van der Waals surface area contributed by atoms with Crippen LogP contribution in [0.3, 0.4) is 0 Å². The predicted molar refractivity (Wildman–Crippen MR) is 84.3 cm³/mol. The zero-order valence-corrected chi connectivity index (χ0v) is 12.5. The van der Waals surface area contributed by atoms with Crippen molar-refractivity contribution in [3.63, 3.8) is 0 Å². The Kier molecular flexibility index (Phi) is 3.58. The molecule has 0 fully saturated rings. The normalized spacial score (nSPS) is 16.2. The van der Waals surface area contributed by atoms with E-state index in [1.165, 1.54) is 16.7 Å². The van der Waals surface area contributed by atoms with Crippen LogP contribution in [0.25, 0.3) is 0 Å². The zero-order chi connectivity index (χ0) is 14.1. The topological polar surface area (TPSA) is 25.2 Å². The van der Waals surface area contributed by atoms with Gasteiger partial charge in [0.1, 0.15) is 5.15 Å². The van der Waals surface area contributed by atoms with Crippen LogP contribution in [0.2, 0.25) is 5.15 Å². The van der Waals surface area contributed by atoms with Gasteiger partial charge in [-0.2, -0.15) is 0 Å². The first-order valence-corrected chi connectivity index (χ1v) is 7.32. The third-order valence-electron chi connectivity index (χ3n) is 3.76. The monoisotopic (exact) mass is 284 g/mol. The Hall–Kier alpha value is -1.67. The third kappa shape index (κ3) is 2.48. The number of aliphatic imine (C=N–C) groups is 1. The van der Waals surface area contributed by atoms with Crippen LogP contribution in [-0.2, 0) is 6.42 Å². The van der Waals surface area contributed by atoms with Crippen molar-refractivity contribution in [2.75, 3.05) is 0 Å². The van der Waals surface area contributed by atoms with E-state index in [9.17, 15) is 0 Å². The van der Waals surface area contributed by atoms with Crippen molar-refractivity contribution in [1.82, 2.24) is 4.98 Å². The van der Waals surface area contributed by atoms with Gasteiger partial charge in [0.05, 0.1) is 17.1 Å². The maximum Gasteiger partial charge on any atom is 0.129 e. The number of nitrogens with zero attached hydrogens (tertiary/aromatic N) is 2. The van der Waals surface area contributed by atoms with E-state index in [2.05, 4.69) is 43.1 Å². The van der Waals surface area contributed by atoms with Gasteiger partial charge in [-0.15, -0.1) is 0 Å². The lowest BCUT2D eigenvalue weighted by Crippen LogP contribution is -2.14. The van der Waals surface area contributed by atoms with Gasteiger partial charge in [0.15, 0.2) is 0 Å². The summed E-state index contributed by atoms with van der Waals surface area (Å²) in [6.45, 7) is 4.20. The second-order valence-corrected chi connectivity index (χ2v) is 5.68. The zero-order valence-electron chi connectivity index (χ0n) is 11.8. The molecule has 0 aliphatic heterocycles. The highest BCUT2D eigenvalue weighted by molar-refractivity contribution is 6.29. The van der Waals surface area contributed by atoms with Crippen LogP contribution in [-0.4, -0.2) is 10.7 Å². The fraction of sp³-hybridized carbons (Fsp3) is 0.294. The first kappa shape index (κ1) is 13.3. The molecule has 1 aromatic carbocycles. The SMILES string of the molecule is Cc1cccc(C)c1N=C1CCCc2ccc(Cl)nc21. The van der Waals surface area contributed by atoms with Crippen molar-refractivity contribution in [2.45, 2.75) is 33.1 Å². The van der Waals surface area contributed by atoms with Gasteiger partial charge < -0.3 is 0 Å². The largest absolute Gasteiger partial charge is 0.251 e. The Labute approximate surface area is 124 Å². The van der Waals surface area contributed by atoms with Crippen molar-refractivity contribution < 1.29 is 0 Å². The molecule has 0 N–H and O–H groups in total. The van der Waals surface area contributed by atoms with E-state index >= 15 is 0 Å². The van der Waals surface area contributed by atoms with Gasteiger partial charge >= 0.3 is 0 Å². The summed E-state index contributed by atoms with van der Waals surface area (Å²) >= 11 is 6.04. The number of rotatable bonds is 1. The number of pyridine rings is 1. The van der Waals surface area contributed by atoms with Crippen LogP contribution in [0.15, 0.2) is 35.3 Å².